The van der Waals surface area contributed by atoms with Crippen LogP contribution in [0.15, 0.2) is 97.3 Å². The molecule has 2 heterocycles. The Labute approximate surface area is 163 Å². The van der Waals surface area contributed by atoms with Crippen molar-refractivity contribution in [3.63, 3.8) is 0 Å². The lowest BCUT2D eigenvalue weighted by molar-refractivity contribution is 1.33. The number of hydrogen-bond donors (Lipinski definition) is 0. The molecule has 0 bridgehead atoms. The summed E-state index contributed by atoms with van der Waals surface area (Å²) in [5.74, 6) is 1.15. The van der Waals surface area contributed by atoms with Gasteiger partial charge in [-0.2, -0.15) is 0 Å². The Kier molecular flexibility index (Phi) is 5.99. The first-order valence-corrected chi connectivity index (χ1v) is 11.3. The second kappa shape index (κ2) is 9.00. The van der Waals surface area contributed by atoms with Gasteiger partial charge in [0, 0.05) is 23.5 Å². The summed E-state index contributed by atoms with van der Waals surface area (Å²) in [4.78, 5) is 9.06. The lowest BCUT2D eigenvalue weighted by Gasteiger charge is -2.11. The summed E-state index contributed by atoms with van der Waals surface area (Å²) >= 11 is 0. The Hall–Kier alpha value is -2.40. The molecule has 0 fully saturated rings. The first kappa shape index (κ1) is 18.0. The van der Waals surface area contributed by atoms with Crippen LogP contribution in [0.1, 0.15) is 0 Å². The molecule has 0 aliphatic carbocycles. The van der Waals surface area contributed by atoms with Crippen LogP contribution in [0.2, 0.25) is 0 Å². The van der Waals surface area contributed by atoms with Gasteiger partial charge in [-0.25, -0.2) is 0 Å². The summed E-state index contributed by atoms with van der Waals surface area (Å²) in [5, 5.41) is 2.78. The van der Waals surface area contributed by atoms with Crippen LogP contribution in [0.5, 0.6) is 0 Å². The maximum Gasteiger partial charge on any atom is 0.0708 e. The molecule has 4 heteroatoms. The lowest BCUT2D eigenvalue weighted by Crippen LogP contribution is -2.03. The molecular weight excluding hydrogens is 366 g/mol. The summed E-state index contributed by atoms with van der Waals surface area (Å²) in [6.07, 6.45) is 3.72. The van der Waals surface area contributed by atoms with E-state index in [2.05, 4.69) is 70.6 Å². The molecule has 2 unspecified atom stereocenters. The fourth-order valence-corrected chi connectivity index (χ4v) is 6.11. The van der Waals surface area contributed by atoms with E-state index < -0.39 is 0 Å². The largest absolute Gasteiger partial charge is 0.256 e. The Morgan fingerprint density at radius 1 is 0.519 bits per heavy atom. The molecule has 0 N–H and O–H groups in total. The summed E-state index contributed by atoms with van der Waals surface area (Å²) in [6.45, 7) is 0. The molecule has 4 rings (SSSR count). The smallest absolute Gasteiger partial charge is 0.0708 e. The van der Waals surface area contributed by atoms with Gasteiger partial charge in [0.2, 0.25) is 0 Å². The molecule has 2 aromatic heterocycles. The number of pyridine rings is 2. The molecule has 0 saturated carbocycles. The van der Waals surface area contributed by atoms with E-state index in [4.69, 9.17) is 0 Å². The molecule has 132 valence electrons. The summed E-state index contributed by atoms with van der Waals surface area (Å²) in [7, 11) is 1.52. The highest BCUT2D eigenvalue weighted by atomic mass is 31.1. The number of aromatic nitrogens is 2. The topological polar surface area (TPSA) is 25.8 Å². The number of hydrogen-bond acceptors (Lipinski definition) is 2. The highest BCUT2D eigenvalue weighted by Crippen LogP contribution is 2.30. The standard InChI is InChI=1S/C23H20N2P2/c1-3-13-22(18(9-1)20-11-5-7-15-24-20)26-17-27-23-14-4-2-10-19(23)21-12-6-8-16-25-21/h1-16,26-27H,17H2. The Balaban J connectivity index is 1.51. The molecular formula is C23H20N2P2. The third kappa shape index (κ3) is 4.48. The summed E-state index contributed by atoms with van der Waals surface area (Å²) in [6, 6.07) is 29.5. The van der Waals surface area contributed by atoms with Gasteiger partial charge in [0.1, 0.15) is 0 Å². The number of rotatable bonds is 6. The van der Waals surface area contributed by atoms with Crippen molar-refractivity contribution >= 4 is 27.8 Å². The zero-order valence-electron chi connectivity index (χ0n) is 14.8. The Morgan fingerprint density at radius 3 is 1.41 bits per heavy atom. The molecule has 2 aromatic carbocycles. The SMILES string of the molecule is c1ccc(-c2ccccc2PCPc2ccccc2-c2ccccn2)nc1. The van der Waals surface area contributed by atoms with E-state index in [0.29, 0.717) is 0 Å². The van der Waals surface area contributed by atoms with Crippen LogP contribution in [-0.4, -0.2) is 15.9 Å². The molecule has 0 radical (unpaired) electrons. The highest BCUT2D eigenvalue weighted by molar-refractivity contribution is 7.64. The Morgan fingerprint density at radius 2 is 0.963 bits per heavy atom. The molecule has 27 heavy (non-hydrogen) atoms. The van der Waals surface area contributed by atoms with Crippen LogP contribution < -0.4 is 10.6 Å². The third-order valence-corrected chi connectivity index (χ3v) is 7.34. The first-order chi connectivity index (χ1) is 13.4. The zero-order valence-corrected chi connectivity index (χ0v) is 16.8. The van der Waals surface area contributed by atoms with Crippen LogP contribution in [-0.2, 0) is 0 Å². The molecule has 0 spiro atoms. The predicted molar refractivity (Wildman–Crippen MR) is 120 cm³/mol. The van der Waals surface area contributed by atoms with E-state index in [1.807, 2.05) is 36.7 Å². The van der Waals surface area contributed by atoms with Crippen molar-refractivity contribution < 1.29 is 0 Å². The maximum atomic E-state index is 4.53. The van der Waals surface area contributed by atoms with Crippen molar-refractivity contribution in [2.45, 2.75) is 0 Å². The van der Waals surface area contributed by atoms with Gasteiger partial charge in [0.15, 0.2) is 0 Å². The highest BCUT2D eigenvalue weighted by Gasteiger charge is 2.08. The maximum absolute atomic E-state index is 4.53. The lowest BCUT2D eigenvalue weighted by atomic mass is 10.1. The fraction of sp³-hybridized carbons (Fsp3) is 0.0435. The number of benzene rings is 2. The van der Waals surface area contributed by atoms with Gasteiger partial charge in [-0.1, -0.05) is 77.8 Å². The van der Waals surface area contributed by atoms with Crippen molar-refractivity contribution in [2.24, 2.45) is 0 Å². The normalized spacial score (nSPS) is 11.6. The van der Waals surface area contributed by atoms with Crippen molar-refractivity contribution in [1.82, 2.24) is 9.97 Å². The predicted octanol–water partition coefficient (Wildman–Crippen LogP) is 5.08. The van der Waals surface area contributed by atoms with Crippen molar-refractivity contribution in [3.05, 3.63) is 97.3 Å². The van der Waals surface area contributed by atoms with Gasteiger partial charge < -0.3 is 0 Å². The fourth-order valence-electron chi connectivity index (χ4n) is 3.00. The van der Waals surface area contributed by atoms with Crippen LogP contribution in [0.25, 0.3) is 22.5 Å². The van der Waals surface area contributed by atoms with Gasteiger partial charge in [-0.3, -0.25) is 9.97 Å². The molecule has 2 atom stereocenters. The summed E-state index contributed by atoms with van der Waals surface area (Å²) in [5.41, 5.74) is 4.61. The minimum Gasteiger partial charge on any atom is -0.256 e. The molecule has 0 aliphatic rings. The molecule has 0 amide bonds. The molecule has 0 aliphatic heterocycles. The average Bonchev–Trinajstić information content (AvgIpc) is 2.76. The van der Waals surface area contributed by atoms with E-state index in [9.17, 15) is 0 Å². The molecule has 0 saturated heterocycles. The first-order valence-electron chi connectivity index (χ1n) is 8.90. The van der Waals surface area contributed by atoms with Gasteiger partial charge in [-0.05, 0) is 40.8 Å². The van der Waals surface area contributed by atoms with Crippen LogP contribution in [0.4, 0.5) is 0 Å². The second-order valence-corrected chi connectivity index (χ2v) is 9.25. The molecule has 2 nitrogen and oxygen atoms in total. The summed E-state index contributed by atoms with van der Waals surface area (Å²) < 4.78 is 0. The van der Waals surface area contributed by atoms with Crippen molar-refractivity contribution in [1.29, 1.82) is 0 Å². The van der Waals surface area contributed by atoms with E-state index in [0.717, 1.165) is 34.5 Å². The van der Waals surface area contributed by atoms with Crippen LogP contribution in [0, 0.1) is 0 Å². The van der Waals surface area contributed by atoms with Crippen LogP contribution in [0.3, 0.4) is 0 Å². The second-order valence-electron chi connectivity index (χ2n) is 6.05. The van der Waals surface area contributed by atoms with E-state index >= 15 is 0 Å². The Bertz CT molecular complexity index is 922. The van der Waals surface area contributed by atoms with Gasteiger partial charge in [0.05, 0.1) is 11.4 Å². The van der Waals surface area contributed by atoms with Crippen molar-refractivity contribution in [3.8, 4) is 22.5 Å². The monoisotopic (exact) mass is 386 g/mol. The van der Waals surface area contributed by atoms with Crippen molar-refractivity contribution in [2.75, 3.05) is 5.90 Å². The van der Waals surface area contributed by atoms with Crippen LogP contribution >= 0.6 is 17.2 Å². The third-order valence-electron chi connectivity index (χ3n) is 4.29. The minimum atomic E-state index is 0.760. The quantitative estimate of drug-likeness (QED) is 0.432. The van der Waals surface area contributed by atoms with Gasteiger partial charge in [0.25, 0.3) is 0 Å². The molecule has 4 aromatic rings. The van der Waals surface area contributed by atoms with E-state index in [1.54, 1.807) is 0 Å². The zero-order chi connectivity index (χ0) is 18.3. The van der Waals surface area contributed by atoms with Gasteiger partial charge >= 0.3 is 0 Å². The minimum absolute atomic E-state index is 0.760. The van der Waals surface area contributed by atoms with E-state index in [-0.39, 0.29) is 0 Å². The average molecular weight is 386 g/mol. The van der Waals surface area contributed by atoms with E-state index in [1.165, 1.54) is 21.7 Å². The number of nitrogens with zero attached hydrogens (tertiary/aromatic N) is 2. The van der Waals surface area contributed by atoms with Gasteiger partial charge in [-0.15, -0.1) is 0 Å².